The monoisotopic (exact) mass is 499 g/mol. The first-order valence-corrected chi connectivity index (χ1v) is 12.6. The molecular weight excluding hydrogens is 473 g/mol. The van der Waals surface area contributed by atoms with Crippen molar-refractivity contribution in [1.29, 1.82) is 0 Å². The number of nitrogens with zero attached hydrogens (tertiary/aromatic N) is 2. The molecule has 11 heteroatoms. The van der Waals surface area contributed by atoms with Crippen molar-refractivity contribution in [2.24, 2.45) is 0 Å². The number of amides is 2. The molecule has 5 N–H and O–H groups in total. The lowest BCUT2D eigenvalue weighted by molar-refractivity contribution is 0.229. The first kappa shape index (κ1) is 24.6. The molecule has 0 unspecified atom stereocenters. The predicted octanol–water partition coefficient (Wildman–Crippen LogP) is 3.22. The normalized spacial score (nSPS) is 15.6. The minimum Gasteiger partial charge on any atom is -0.394 e. The number of hydrogen-bond donors (Lipinski definition) is 4. The summed E-state index contributed by atoms with van der Waals surface area (Å²) in [4.78, 5) is 20.8. The Hall–Kier alpha value is -3.57. The number of aromatic nitrogens is 2. The van der Waals surface area contributed by atoms with E-state index in [2.05, 4.69) is 20.6 Å². The van der Waals surface area contributed by atoms with Crippen LogP contribution in [0.3, 0.4) is 0 Å². The number of nitrogens with two attached hydrogens (primary N) is 1. The predicted molar refractivity (Wildman–Crippen MR) is 130 cm³/mol. The molecule has 1 aromatic heterocycles. The van der Waals surface area contributed by atoms with Crippen LogP contribution in [0.5, 0.6) is 0 Å². The number of carbonyl (C=O) groups is 1. The van der Waals surface area contributed by atoms with Crippen LogP contribution in [-0.4, -0.2) is 42.2 Å². The second-order valence-corrected chi connectivity index (χ2v) is 10.8. The molecule has 1 fully saturated rings. The maximum absolute atomic E-state index is 13.6. The van der Waals surface area contributed by atoms with Crippen molar-refractivity contribution in [3.63, 3.8) is 0 Å². The maximum Gasteiger partial charge on any atom is 0.319 e. The lowest BCUT2D eigenvalue weighted by atomic mass is 9.81. The van der Waals surface area contributed by atoms with E-state index >= 15 is 0 Å². The van der Waals surface area contributed by atoms with Crippen molar-refractivity contribution in [2.75, 3.05) is 17.7 Å². The molecule has 4 rings (SSSR count). The van der Waals surface area contributed by atoms with Gasteiger partial charge in [0.2, 0.25) is 0 Å². The van der Waals surface area contributed by atoms with Gasteiger partial charge < -0.3 is 21.5 Å². The Morgan fingerprint density at radius 1 is 1.14 bits per heavy atom. The van der Waals surface area contributed by atoms with Gasteiger partial charge >= 0.3 is 6.03 Å². The van der Waals surface area contributed by atoms with Gasteiger partial charge in [-0.2, -0.15) is 0 Å². The summed E-state index contributed by atoms with van der Waals surface area (Å²) in [7, 11) is -3.87. The van der Waals surface area contributed by atoms with E-state index in [4.69, 9.17) is 10.8 Å². The molecule has 184 valence electrons. The summed E-state index contributed by atoms with van der Waals surface area (Å²) in [6.45, 7) is 1.49. The van der Waals surface area contributed by atoms with Crippen LogP contribution < -0.4 is 16.4 Å². The summed E-state index contributed by atoms with van der Waals surface area (Å²) in [5, 5.41) is 14.3. The van der Waals surface area contributed by atoms with Crippen molar-refractivity contribution in [3.05, 3.63) is 66.1 Å². The molecule has 3 aromatic rings. The highest BCUT2D eigenvalue weighted by molar-refractivity contribution is 7.92. The Bertz CT molecular complexity index is 1330. The van der Waals surface area contributed by atoms with Gasteiger partial charge in [-0.3, -0.25) is 0 Å². The van der Waals surface area contributed by atoms with Gasteiger partial charge in [-0.15, -0.1) is 0 Å². The van der Waals surface area contributed by atoms with E-state index in [9.17, 15) is 17.6 Å². The molecule has 0 aliphatic heterocycles. The standard InChI is InChI=1S/C24H26FN5O4S/c1-15(14-31)27-23(32)28-18-7-3-16(4-8-18)22-29-20(13-21(26)30-22)24(11-2-12-24)35(33,34)19-9-5-17(25)6-10-19/h3-10,13,15,31H,2,11-12,14H2,1H3,(H2,26,29,30)(H2,27,28,32)/t15-/m0/s1. The first-order chi connectivity index (χ1) is 16.6. The average molecular weight is 500 g/mol. The third kappa shape index (κ3) is 4.82. The van der Waals surface area contributed by atoms with Crippen LogP contribution in [0.2, 0.25) is 0 Å². The Kier molecular flexibility index (Phi) is 6.73. The molecule has 0 radical (unpaired) electrons. The van der Waals surface area contributed by atoms with Gasteiger partial charge in [-0.1, -0.05) is 0 Å². The van der Waals surface area contributed by atoms with Crippen LogP contribution >= 0.6 is 0 Å². The Morgan fingerprint density at radius 3 is 2.37 bits per heavy atom. The molecule has 1 aliphatic rings. The number of halogens is 1. The highest BCUT2D eigenvalue weighted by Crippen LogP contribution is 2.50. The zero-order chi connectivity index (χ0) is 25.2. The Balaban J connectivity index is 1.64. The van der Waals surface area contributed by atoms with Crippen LogP contribution in [0, 0.1) is 5.82 Å². The van der Waals surface area contributed by atoms with Crippen LogP contribution in [0.1, 0.15) is 31.9 Å². The van der Waals surface area contributed by atoms with E-state index < -0.39 is 32.5 Å². The van der Waals surface area contributed by atoms with Crippen molar-refractivity contribution in [1.82, 2.24) is 15.3 Å². The summed E-state index contributed by atoms with van der Waals surface area (Å²) < 4.78 is 39.3. The van der Waals surface area contributed by atoms with Gasteiger partial charge in [0.1, 0.15) is 16.4 Å². The van der Waals surface area contributed by atoms with Crippen LogP contribution in [0.4, 0.5) is 20.7 Å². The highest BCUT2D eigenvalue weighted by Gasteiger charge is 2.52. The summed E-state index contributed by atoms with van der Waals surface area (Å²) in [5.41, 5.74) is 7.44. The van der Waals surface area contributed by atoms with Crippen molar-refractivity contribution < 1.29 is 22.7 Å². The molecule has 35 heavy (non-hydrogen) atoms. The second-order valence-electron chi connectivity index (χ2n) is 8.57. The fourth-order valence-electron chi connectivity index (χ4n) is 3.97. The number of aliphatic hydroxyl groups excluding tert-OH is 1. The largest absolute Gasteiger partial charge is 0.394 e. The van der Waals surface area contributed by atoms with Gasteiger partial charge in [0.15, 0.2) is 15.7 Å². The molecule has 1 aliphatic carbocycles. The fraction of sp³-hybridized carbons (Fsp3) is 0.292. The van der Waals surface area contributed by atoms with Gasteiger partial charge in [0.05, 0.1) is 23.2 Å². The third-order valence-corrected chi connectivity index (χ3v) is 8.60. The van der Waals surface area contributed by atoms with Crippen molar-refractivity contribution in [2.45, 2.75) is 41.9 Å². The molecule has 9 nitrogen and oxygen atoms in total. The molecule has 2 aromatic carbocycles. The molecule has 0 saturated heterocycles. The van der Waals surface area contributed by atoms with Crippen molar-refractivity contribution in [3.8, 4) is 11.4 Å². The number of urea groups is 1. The number of carbonyl (C=O) groups excluding carboxylic acids is 1. The van der Waals surface area contributed by atoms with Crippen LogP contribution in [0.25, 0.3) is 11.4 Å². The highest BCUT2D eigenvalue weighted by atomic mass is 32.2. The minimum absolute atomic E-state index is 0.0292. The van der Waals surface area contributed by atoms with Gasteiger partial charge in [-0.05, 0) is 74.7 Å². The van der Waals surface area contributed by atoms with E-state index in [0.717, 1.165) is 12.1 Å². The zero-order valence-corrected chi connectivity index (χ0v) is 19.8. The van der Waals surface area contributed by atoms with Gasteiger partial charge in [0.25, 0.3) is 0 Å². The summed E-state index contributed by atoms with van der Waals surface area (Å²) in [6.07, 6.45) is 1.44. The number of anilines is 2. The third-order valence-electron chi connectivity index (χ3n) is 6.06. The first-order valence-electron chi connectivity index (χ1n) is 11.1. The Morgan fingerprint density at radius 2 is 1.80 bits per heavy atom. The fourth-order valence-corrected chi connectivity index (χ4v) is 6.12. The second kappa shape index (κ2) is 9.59. The van der Waals surface area contributed by atoms with E-state index in [0.29, 0.717) is 36.2 Å². The summed E-state index contributed by atoms with van der Waals surface area (Å²) >= 11 is 0. The summed E-state index contributed by atoms with van der Waals surface area (Å²) in [5.74, 6) is -0.130. The van der Waals surface area contributed by atoms with E-state index in [1.54, 1.807) is 31.2 Å². The SMILES string of the molecule is C[C@@H](CO)NC(=O)Nc1ccc(-c2nc(N)cc(C3(S(=O)(=O)c4ccc(F)cc4)CCC3)n2)cc1. The number of nitrogens with one attached hydrogen (secondary N) is 2. The zero-order valence-electron chi connectivity index (χ0n) is 19.0. The number of sulfone groups is 1. The minimum atomic E-state index is -3.87. The number of nitrogen functional groups attached to an aromatic ring is 1. The molecule has 2 amide bonds. The lowest BCUT2D eigenvalue weighted by Crippen LogP contribution is -2.43. The van der Waals surface area contributed by atoms with Crippen LogP contribution in [-0.2, 0) is 14.6 Å². The molecule has 1 heterocycles. The van der Waals surface area contributed by atoms with Gasteiger partial charge in [-0.25, -0.2) is 27.6 Å². The average Bonchev–Trinajstić information content (AvgIpc) is 2.78. The quantitative estimate of drug-likeness (QED) is 0.365. The maximum atomic E-state index is 13.6. The molecule has 0 spiro atoms. The van der Waals surface area contributed by atoms with Gasteiger partial charge in [0, 0.05) is 17.3 Å². The molecule has 1 saturated carbocycles. The van der Waals surface area contributed by atoms with Crippen molar-refractivity contribution >= 4 is 27.4 Å². The number of benzene rings is 2. The summed E-state index contributed by atoms with van der Waals surface area (Å²) in [6, 6.07) is 12.1. The smallest absolute Gasteiger partial charge is 0.319 e. The molecule has 0 bridgehead atoms. The number of hydrogen-bond acceptors (Lipinski definition) is 7. The Labute approximate surface area is 202 Å². The number of aliphatic hydroxyl groups is 1. The van der Waals surface area contributed by atoms with Crippen LogP contribution in [0.15, 0.2) is 59.5 Å². The van der Waals surface area contributed by atoms with E-state index in [1.807, 2.05) is 0 Å². The molecule has 1 atom stereocenters. The van der Waals surface area contributed by atoms with E-state index in [1.165, 1.54) is 18.2 Å². The number of rotatable bonds is 7. The lowest BCUT2D eigenvalue weighted by Gasteiger charge is -2.40. The molecular formula is C24H26FN5O4S. The van der Waals surface area contributed by atoms with E-state index in [-0.39, 0.29) is 23.1 Å². The topological polar surface area (TPSA) is 147 Å².